The van der Waals surface area contributed by atoms with Crippen molar-refractivity contribution in [2.45, 2.75) is 32.8 Å². The fourth-order valence-corrected chi connectivity index (χ4v) is 3.11. The summed E-state index contributed by atoms with van der Waals surface area (Å²) in [5, 5.41) is 15.4. The summed E-state index contributed by atoms with van der Waals surface area (Å²) in [7, 11) is 1.92. The molecule has 0 aliphatic rings. The maximum Gasteiger partial charge on any atom is 0.0629 e. The lowest BCUT2D eigenvalue weighted by atomic mass is 10.00. The van der Waals surface area contributed by atoms with Crippen molar-refractivity contribution >= 4 is 27.5 Å². The summed E-state index contributed by atoms with van der Waals surface area (Å²) in [6, 6.07) is 5.73. The Bertz CT molecular complexity index is 625. The van der Waals surface area contributed by atoms with Crippen LogP contribution in [0.15, 0.2) is 22.7 Å². The van der Waals surface area contributed by atoms with Crippen LogP contribution in [0.5, 0.6) is 0 Å². The Hall–Kier alpha value is -0.840. The molecule has 1 unspecified atom stereocenters. The fourth-order valence-electron chi connectivity index (χ4n) is 2.36. The number of aryl methyl sites for hydroxylation is 2. The molecule has 2 aromatic rings. The van der Waals surface area contributed by atoms with Crippen LogP contribution in [0.4, 0.5) is 0 Å². The predicted molar refractivity (Wildman–Crippen MR) is 85.2 cm³/mol. The van der Waals surface area contributed by atoms with Gasteiger partial charge in [-0.15, -0.1) is 0 Å². The Morgan fingerprint density at radius 3 is 2.60 bits per heavy atom. The molecule has 1 aromatic carbocycles. The number of halogens is 2. The maximum atomic E-state index is 10.3. The lowest BCUT2D eigenvalue weighted by Crippen LogP contribution is -2.15. The summed E-state index contributed by atoms with van der Waals surface area (Å²) in [4.78, 5) is 0. The van der Waals surface area contributed by atoms with Gasteiger partial charge in [0.25, 0.3) is 0 Å². The number of rotatable bonds is 4. The molecule has 1 N–H and O–H groups in total. The van der Waals surface area contributed by atoms with Crippen LogP contribution in [0.2, 0.25) is 5.02 Å². The standard InChI is InChI=1S/C15H18BrClN2O/c1-9-14(10(2)19(3)18-9)8-13(20)6-11-4-5-12(16)7-15(11)17/h4-5,7,13,20H,6,8H2,1-3H3. The van der Waals surface area contributed by atoms with Crippen LogP contribution < -0.4 is 0 Å². The number of aliphatic hydroxyl groups is 1. The van der Waals surface area contributed by atoms with Gasteiger partial charge in [-0.05, 0) is 37.1 Å². The van der Waals surface area contributed by atoms with E-state index in [9.17, 15) is 5.11 Å². The molecule has 0 fully saturated rings. The number of nitrogens with zero attached hydrogens (tertiary/aromatic N) is 2. The molecular formula is C15H18BrClN2O. The quantitative estimate of drug-likeness (QED) is 0.908. The molecule has 1 aromatic heterocycles. The van der Waals surface area contributed by atoms with Crippen LogP contribution in [0.3, 0.4) is 0 Å². The van der Waals surface area contributed by atoms with Gasteiger partial charge in [0.05, 0.1) is 11.8 Å². The van der Waals surface area contributed by atoms with Crippen LogP contribution in [-0.4, -0.2) is 21.0 Å². The van der Waals surface area contributed by atoms with Crippen molar-refractivity contribution in [3.8, 4) is 0 Å². The van der Waals surface area contributed by atoms with Crippen LogP contribution in [-0.2, 0) is 19.9 Å². The van der Waals surface area contributed by atoms with Gasteiger partial charge < -0.3 is 5.11 Å². The highest BCUT2D eigenvalue weighted by Crippen LogP contribution is 2.24. The highest BCUT2D eigenvalue weighted by atomic mass is 79.9. The van der Waals surface area contributed by atoms with Crippen molar-refractivity contribution < 1.29 is 5.11 Å². The topological polar surface area (TPSA) is 38.0 Å². The fraction of sp³-hybridized carbons (Fsp3) is 0.400. The Morgan fingerprint density at radius 2 is 2.05 bits per heavy atom. The van der Waals surface area contributed by atoms with Gasteiger partial charge in [0.2, 0.25) is 0 Å². The van der Waals surface area contributed by atoms with Gasteiger partial charge in [-0.25, -0.2) is 0 Å². The smallest absolute Gasteiger partial charge is 0.0629 e. The molecule has 0 aliphatic heterocycles. The normalized spacial score (nSPS) is 12.7. The predicted octanol–water partition coefficient (Wildman–Crippen LogP) is 3.60. The number of hydrogen-bond acceptors (Lipinski definition) is 2. The minimum atomic E-state index is -0.463. The maximum absolute atomic E-state index is 10.3. The minimum absolute atomic E-state index is 0.463. The second-order valence-electron chi connectivity index (χ2n) is 5.07. The second-order valence-corrected chi connectivity index (χ2v) is 6.39. The number of benzene rings is 1. The lowest BCUT2D eigenvalue weighted by Gasteiger charge is -2.12. The van der Waals surface area contributed by atoms with Crippen molar-refractivity contribution in [1.29, 1.82) is 0 Å². The van der Waals surface area contributed by atoms with Gasteiger partial charge in [0, 0.05) is 35.1 Å². The summed E-state index contributed by atoms with van der Waals surface area (Å²) < 4.78 is 2.80. The van der Waals surface area contributed by atoms with E-state index in [-0.39, 0.29) is 0 Å². The monoisotopic (exact) mass is 356 g/mol. The molecule has 0 bridgehead atoms. The number of aliphatic hydroxyl groups excluding tert-OH is 1. The van der Waals surface area contributed by atoms with E-state index < -0.39 is 6.10 Å². The Morgan fingerprint density at radius 1 is 1.35 bits per heavy atom. The van der Waals surface area contributed by atoms with Crippen LogP contribution in [0.1, 0.15) is 22.5 Å². The molecule has 20 heavy (non-hydrogen) atoms. The first-order valence-corrected chi connectivity index (χ1v) is 7.66. The first-order valence-electron chi connectivity index (χ1n) is 6.49. The molecule has 0 aliphatic carbocycles. The van der Waals surface area contributed by atoms with Gasteiger partial charge in [-0.2, -0.15) is 5.10 Å². The molecule has 0 saturated carbocycles. The Balaban J connectivity index is 2.11. The van der Waals surface area contributed by atoms with Gasteiger partial charge in [0.1, 0.15) is 0 Å². The average molecular weight is 358 g/mol. The molecule has 0 spiro atoms. The van der Waals surface area contributed by atoms with E-state index in [0.29, 0.717) is 17.9 Å². The molecule has 108 valence electrons. The molecule has 1 atom stereocenters. The zero-order chi connectivity index (χ0) is 14.9. The van der Waals surface area contributed by atoms with Crippen LogP contribution in [0, 0.1) is 13.8 Å². The summed E-state index contributed by atoms with van der Waals surface area (Å²) in [5.74, 6) is 0. The largest absolute Gasteiger partial charge is 0.392 e. The Labute approximate surface area is 132 Å². The average Bonchev–Trinajstić information content (AvgIpc) is 2.60. The molecule has 5 heteroatoms. The van der Waals surface area contributed by atoms with E-state index >= 15 is 0 Å². The first-order chi connectivity index (χ1) is 9.38. The zero-order valence-corrected chi connectivity index (χ0v) is 14.2. The molecule has 0 radical (unpaired) electrons. The summed E-state index contributed by atoms with van der Waals surface area (Å²) in [6.07, 6.45) is 0.674. The molecule has 3 nitrogen and oxygen atoms in total. The van der Waals surface area contributed by atoms with Crippen LogP contribution in [0.25, 0.3) is 0 Å². The third-order valence-corrected chi connectivity index (χ3v) is 4.41. The highest BCUT2D eigenvalue weighted by Gasteiger charge is 2.15. The number of aromatic nitrogens is 2. The molecule has 2 rings (SSSR count). The van der Waals surface area contributed by atoms with Gasteiger partial charge >= 0.3 is 0 Å². The highest BCUT2D eigenvalue weighted by molar-refractivity contribution is 9.10. The van der Waals surface area contributed by atoms with Gasteiger partial charge in [-0.1, -0.05) is 33.6 Å². The Kier molecular flexibility index (Phi) is 4.89. The zero-order valence-electron chi connectivity index (χ0n) is 11.8. The molecule has 0 saturated heterocycles. The van der Waals surface area contributed by atoms with E-state index in [1.807, 2.05) is 43.8 Å². The summed E-state index contributed by atoms with van der Waals surface area (Å²) in [5.41, 5.74) is 4.16. The number of hydrogen-bond donors (Lipinski definition) is 1. The van der Waals surface area contributed by atoms with E-state index in [4.69, 9.17) is 11.6 Å². The van der Waals surface area contributed by atoms with Crippen molar-refractivity contribution in [2.75, 3.05) is 0 Å². The second kappa shape index (κ2) is 6.29. The molecule has 0 amide bonds. The van der Waals surface area contributed by atoms with E-state index in [1.165, 1.54) is 0 Å². The van der Waals surface area contributed by atoms with Crippen LogP contribution >= 0.6 is 27.5 Å². The van der Waals surface area contributed by atoms with Crippen molar-refractivity contribution in [2.24, 2.45) is 7.05 Å². The molecular weight excluding hydrogens is 340 g/mol. The third-order valence-electron chi connectivity index (χ3n) is 3.57. The van der Waals surface area contributed by atoms with Crippen molar-refractivity contribution in [3.63, 3.8) is 0 Å². The summed E-state index contributed by atoms with van der Waals surface area (Å²) in [6.45, 7) is 4.00. The van der Waals surface area contributed by atoms with E-state index in [0.717, 1.165) is 27.0 Å². The van der Waals surface area contributed by atoms with E-state index in [2.05, 4.69) is 21.0 Å². The van der Waals surface area contributed by atoms with Gasteiger partial charge in [0.15, 0.2) is 0 Å². The van der Waals surface area contributed by atoms with E-state index in [1.54, 1.807) is 0 Å². The van der Waals surface area contributed by atoms with Crippen molar-refractivity contribution in [3.05, 3.63) is 50.2 Å². The third kappa shape index (κ3) is 3.43. The summed E-state index contributed by atoms with van der Waals surface area (Å²) >= 11 is 9.57. The van der Waals surface area contributed by atoms with Crippen molar-refractivity contribution in [1.82, 2.24) is 9.78 Å². The van der Waals surface area contributed by atoms with Gasteiger partial charge in [-0.3, -0.25) is 4.68 Å². The SMILES string of the molecule is Cc1nn(C)c(C)c1CC(O)Cc1ccc(Br)cc1Cl. The molecule has 1 heterocycles. The lowest BCUT2D eigenvalue weighted by molar-refractivity contribution is 0.175. The first kappa shape index (κ1) is 15.5. The minimum Gasteiger partial charge on any atom is -0.392 e.